The van der Waals surface area contributed by atoms with Crippen LogP contribution in [0.2, 0.25) is 0 Å². The van der Waals surface area contributed by atoms with Gasteiger partial charge in [0, 0.05) is 6.54 Å². The number of carbonyl (C=O) groups is 1. The molecule has 0 spiro atoms. The van der Waals surface area contributed by atoms with Crippen molar-refractivity contribution in [3.63, 3.8) is 0 Å². The van der Waals surface area contributed by atoms with E-state index in [2.05, 4.69) is 11.9 Å². The summed E-state index contributed by atoms with van der Waals surface area (Å²) in [5.74, 6) is -0.0648. The molecule has 0 aromatic rings. The van der Waals surface area contributed by atoms with Gasteiger partial charge < -0.3 is 10.1 Å². The van der Waals surface area contributed by atoms with E-state index in [-0.39, 0.29) is 12.5 Å². The quantitative estimate of drug-likeness (QED) is 0.641. The van der Waals surface area contributed by atoms with Crippen molar-refractivity contribution in [3.05, 3.63) is 36.5 Å². The Morgan fingerprint density at radius 1 is 1.44 bits per heavy atom. The Morgan fingerprint density at radius 3 is 2.75 bits per heavy atom. The molecule has 16 heavy (non-hydrogen) atoms. The number of rotatable bonds is 8. The molecule has 1 amide bonds. The molecule has 0 aromatic heterocycles. The number of carbonyl (C=O) groups excluding carboxylic acids is 1. The van der Waals surface area contributed by atoms with Crippen LogP contribution in [0.25, 0.3) is 0 Å². The van der Waals surface area contributed by atoms with Gasteiger partial charge in [-0.05, 0) is 18.9 Å². The summed E-state index contributed by atoms with van der Waals surface area (Å²) in [5, 5.41) is 2.75. The summed E-state index contributed by atoms with van der Waals surface area (Å²) in [4.78, 5) is 11.2. The third-order valence-electron chi connectivity index (χ3n) is 1.89. The molecule has 0 saturated carbocycles. The third-order valence-corrected chi connectivity index (χ3v) is 1.89. The molecule has 0 aromatic carbocycles. The van der Waals surface area contributed by atoms with Crippen LogP contribution in [-0.4, -0.2) is 25.7 Å². The van der Waals surface area contributed by atoms with Crippen LogP contribution in [0.3, 0.4) is 0 Å². The lowest BCUT2D eigenvalue weighted by molar-refractivity contribution is -0.125. The largest absolute Gasteiger partial charge is 0.367 e. The molecular weight excluding hydrogens is 202 g/mol. The number of ether oxygens (including phenoxy) is 1. The topological polar surface area (TPSA) is 38.3 Å². The summed E-state index contributed by atoms with van der Waals surface area (Å²) in [6.45, 7) is 8.80. The fourth-order valence-corrected chi connectivity index (χ4v) is 0.996. The van der Waals surface area contributed by atoms with Gasteiger partial charge in [-0.3, -0.25) is 4.79 Å². The molecular formula is C13H21NO2. The second kappa shape index (κ2) is 10.2. The molecule has 0 bridgehead atoms. The highest BCUT2D eigenvalue weighted by Crippen LogP contribution is 1.97. The second-order valence-corrected chi connectivity index (χ2v) is 3.30. The molecule has 0 aliphatic rings. The molecule has 1 N–H and O–H groups in total. The summed E-state index contributed by atoms with van der Waals surface area (Å²) in [6.07, 6.45) is 8.35. The molecule has 0 radical (unpaired) electrons. The Morgan fingerprint density at radius 2 is 2.19 bits per heavy atom. The zero-order chi connectivity index (χ0) is 12.2. The Kier molecular flexibility index (Phi) is 9.32. The molecule has 0 aliphatic heterocycles. The number of hydrogen-bond acceptors (Lipinski definition) is 2. The molecule has 0 heterocycles. The fraction of sp³-hybridized carbons (Fsp3) is 0.462. The van der Waals surface area contributed by atoms with Gasteiger partial charge in [0.15, 0.2) is 0 Å². The number of nitrogens with one attached hydrogen (secondary N) is 1. The van der Waals surface area contributed by atoms with E-state index >= 15 is 0 Å². The van der Waals surface area contributed by atoms with Gasteiger partial charge in [-0.1, -0.05) is 37.8 Å². The van der Waals surface area contributed by atoms with E-state index in [1.165, 1.54) is 0 Å². The summed E-state index contributed by atoms with van der Waals surface area (Å²) < 4.78 is 5.28. The van der Waals surface area contributed by atoms with Crippen molar-refractivity contribution in [2.24, 2.45) is 0 Å². The van der Waals surface area contributed by atoms with E-state index in [1.807, 2.05) is 32.1 Å². The summed E-state index contributed by atoms with van der Waals surface area (Å²) >= 11 is 0. The van der Waals surface area contributed by atoms with Crippen LogP contribution in [0.4, 0.5) is 0 Å². The molecule has 0 atom stereocenters. The standard InChI is InChI=1S/C13H21NO2/c1-4-7-8-12(6-3)10-16-11-13(15)14-9-5-2/h4,6-8H,1,5,9-11H2,2-3H3,(H,14,15)/b8-7-,12-6+. The van der Waals surface area contributed by atoms with Gasteiger partial charge in [0.1, 0.15) is 6.61 Å². The van der Waals surface area contributed by atoms with E-state index in [0.29, 0.717) is 13.2 Å². The van der Waals surface area contributed by atoms with Crippen LogP contribution in [0.15, 0.2) is 36.5 Å². The van der Waals surface area contributed by atoms with Gasteiger partial charge in [-0.15, -0.1) is 0 Å². The average molecular weight is 223 g/mol. The first-order valence-electron chi connectivity index (χ1n) is 5.53. The first-order valence-corrected chi connectivity index (χ1v) is 5.53. The number of allylic oxidation sites excluding steroid dienone is 3. The van der Waals surface area contributed by atoms with Crippen molar-refractivity contribution in [1.82, 2.24) is 5.32 Å². The molecule has 3 heteroatoms. The van der Waals surface area contributed by atoms with E-state index in [0.717, 1.165) is 12.0 Å². The van der Waals surface area contributed by atoms with Gasteiger partial charge in [-0.2, -0.15) is 0 Å². The predicted octanol–water partition coefficient (Wildman–Crippen LogP) is 2.22. The highest BCUT2D eigenvalue weighted by Gasteiger charge is 1.99. The van der Waals surface area contributed by atoms with Crippen molar-refractivity contribution in [2.45, 2.75) is 20.3 Å². The fourth-order valence-electron chi connectivity index (χ4n) is 0.996. The van der Waals surface area contributed by atoms with Gasteiger partial charge in [0.05, 0.1) is 6.61 Å². The van der Waals surface area contributed by atoms with Crippen molar-refractivity contribution >= 4 is 5.91 Å². The highest BCUT2D eigenvalue weighted by molar-refractivity contribution is 5.77. The maximum atomic E-state index is 11.2. The molecule has 0 aliphatic carbocycles. The van der Waals surface area contributed by atoms with Gasteiger partial charge in [0.2, 0.25) is 5.91 Å². The van der Waals surface area contributed by atoms with Gasteiger partial charge in [-0.25, -0.2) is 0 Å². The minimum absolute atomic E-state index is 0.0648. The lowest BCUT2D eigenvalue weighted by Crippen LogP contribution is -2.28. The van der Waals surface area contributed by atoms with Crippen molar-refractivity contribution in [2.75, 3.05) is 19.8 Å². The smallest absolute Gasteiger partial charge is 0.246 e. The Hall–Kier alpha value is -1.35. The zero-order valence-electron chi connectivity index (χ0n) is 10.2. The summed E-state index contributed by atoms with van der Waals surface area (Å²) in [6, 6.07) is 0. The SMILES string of the molecule is C=C/C=C\C(=C/C)COCC(=O)NCCC. The summed E-state index contributed by atoms with van der Waals surface area (Å²) in [5.41, 5.74) is 1.03. The predicted molar refractivity (Wildman–Crippen MR) is 67.2 cm³/mol. The third kappa shape index (κ3) is 8.00. The minimum atomic E-state index is -0.0648. The molecule has 0 rings (SSSR count). The molecule has 0 unspecified atom stereocenters. The Labute approximate surface area is 97.9 Å². The normalized spacial score (nSPS) is 11.8. The molecule has 90 valence electrons. The van der Waals surface area contributed by atoms with E-state index in [4.69, 9.17) is 4.74 Å². The van der Waals surface area contributed by atoms with Crippen molar-refractivity contribution < 1.29 is 9.53 Å². The lowest BCUT2D eigenvalue weighted by Gasteiger charge is -2.05. The van der Waals surface area contributed by atoms with Crippen LogP contribution in [0.1, 0.15) is 20.3 Å². The maximum Gasteiger partial charge on any atom is 0.246 e. The minimum Gasteiger partial charge on any atom is -0.367 e. The monoisotopic (exact) mass is 223 g/mol. The van der Waals surface area contributed by atoms with Crippen LogP contribution in [0.5, 0.6) is 0 Å². The second-order valence-electron chi connectivity index (χ2n) is 3.30. The van der Waals surface area contributed by atoms with E-state index < -0.39 is 0 Å². The molecule has 3 nitrogen and oxygen atoms in total. The van der Waals surface area contributed by atoms with Crippen LogP contribution >= 0.6 is 0 Å². The Bertz CT molecular complexity index is 267. The zero-order valence-corrected chi connectivity index (χ0v) is 10.2. The first-order chi connectivity index (χ1) is 7.74. The van der Waals surface area contributed by atoms with Crippen LogP contribution < -0.4 is 5.32 Å². The van der Waals surface area contributed by atoms with Crippen LogP contribution in [-0.2, 0) is 9.53 Å². The molecule has 0 saturated heterocycles. The van der Waals surface area contributed by atoms with Crippen molar-refractivity contribution in [3.8, 4) is 0 Å². The van der Waals surface area contributed by atoms with E-state index in [9.17, 15) is 4.79 Å². The average Bonchev–Trinajstić information content (AvgIpc) is 2.30. The van der Waals surface area contributed by atoms with Gasteiger partial charge in [0.25, 0.3) is 0 Å². The van der Waals surface area contributed by atoms with Crippen LogP contribution in [0, 0.1) is 0 Å². The highest BCUT2D eigenvalue weighted by atomic mass is 16.5. The number of hydrogen-bond donors (Lipinski definition) is 1. The van der Waals surface area contributed by atoms with Gasteiger partial charge >= 0.3 is 0 Å². The van der Waals surface area contributed by atoms with Crippen molar-refractivity contribution in [1.29, 1.82) is 0 Å². The lowest BCUT2D eigenvalue weighted by atomic mass is 10.2. The maximum absolute atomic E-state index is 11.2. The van der Waals surface area contributed by atoms with E-state index in [1.54, 1.807) is 6.08 Å². The molecule has 0 fully saturated rings. The number of amides is 1. The Balaban J connectivity index is 3.74. The summed E-state index contributed by atoms with van der Waals surface area (Å²) in [7, 11) is 0. The first kappa shape index (κ1) is 14.6.